The van der Waals surface area contributed by atoms with Crippen LogP contribution >= 0.6 is 0 Å². The molecule has 0 aliphatic carbocycles. The molecule has 1 aromatic carbocycles. The van der Waals surface area contributed by atoms with E-state index in [9.17, 15) is 4.79 Å². The number of hydrogen-bond donors (Lipinski definition) is 0. The smallest absolute Gasteiger partial charge is 0.309 e. The van der Waals surface area contributed by atoms with E-state index in [4.69, 9.17) is 4.74 Å². The fourth-order valence-corrected chi connectivity index (χ4v) is 2.01. The zero-order chi connectivity index (χ0) is 13.9. The van der Waals surface area contributed by atoms with Crippen LogP contribution in [0.3, 0.4) is 0 Å². The van der Waals surface area contributed by atoms with Crippen molar-refractivity contribution >= 4 is 5.97 Å². The van der Waals surface area contributed by atoms with Crippen LogP contribution in [-0.2, 0) is 16.0 Å². The Balaban J connectivity index is 2.33. The molecule has 1 rings (SSSR count). The van der Waals surface area contributed by atoms with Gasteiger partial charge in [-0.05, 0) is 37.7 Å². The van der Waals surface area contributed by atoms with Gasteiger partial charge in [0.15, 0.2) is 0 Å². The molecule has 2 nitrogen and oxygen atoms in total. The van der Waals surface area contributed by atoms with Gasteiger partial charge in [0.1, 0.15) is 0 Å². The molecule has 0 aliphatic rings. The molecule has 0 saturated carbocycles. The molecule has 19 heavy (non-hydrogen) atoms. The van der Waals surface area contributed by atoms with Crippen molar-refractivity contribution in [1.29, 1.82) is 0 Å². The van der Waals surface area contributed by atoms with Gasteiger partial charge < -0.3 is 4.74 Å². The maximum Gasteiger partial charge on any atom is 0.309 e. The van der Waals surface area contributed by atoms with Crippen LogP contribution in [0, 0.1) is 5.92 Å². The zero-order valence-corrected chi connectivity index (χ0v) is 12.0. The summed E-state index contributed by atoms with van der Waals surface area (Å²) in [6.07, 6.45) is 7.79. The first kappa shape index (κ1) is 15.5. The predicted molar refractivity (Wildman–Crippen MR) is 78.9 cm³/mol. The third-order valence-electron chi connectivity index (χ3n) is 3.17. The van der Waals surface area contributed by atoms with Crippen molar-refractivity contribution in [3.8, 4) is 0 Å². The van der Waals surface area contributed by atoms with Gasteiger partial charge in [-0.3, -0.25) is 4.79 Å². The highest BCUT2D eigenvalue weighted by Gasteiger charge is 2.03. The third-order valence-corrected chi connectivity index (χ3v) is 3.17. The Morgan fingerprint density at radius 1 is 1.26 bits per heavy atom. The first-order valence-corrected chi connectivity index (χ1v) is 7.12. The number of ether oxygens (including phenoxy) is 1. The SMILES string of the molecule is CCOC(=O)C/C=C/[C@@H](CC)CCc1ccccc1. The van der Waals surface area contributed by atoms with Gasteiger partial charge in [-0.15, -0.1) is 0 Å². The highest BCUT2D eigenvalue weighted by atomic mass is 16.5. The Labute approximate surface area is 116 Å². The molecule has 0 spiro atoms. The van der Waals surface area contributed by atoms with E-state index in [-0.39, 0.29) is 5.97 Å². The van der Waals surface area contributed by atoms with Gasteiger partial charge in [0.25, 0.3) is 0 Å². The number of aryl methyl sites for hydroxylation is 1. The molecule has 0 unspecified atom stereocenters. The minimum absolute atomic E-state index is 0.142. The van der Waals surface area contributed by atoms with Crippen molar-refractivity contribution in [1.82, 2.24) is 0 Å². The topological polar surface area (TPSA) is 26.3 Å². The number of allylic oxidation sites excluding steroid dienone is 1. The molecule has 1 aromatic rings. The quantitative estimate of drug-likeness (QED) is 0.518. The summed E-state index contributed by atoms with van der Waals surface area (Å²) in [6.45, 7) is 4.47. The summed E-state index contributed by atoms with van der Waals surface area (Å²) in [4.78, 5) is 11.2. The molecule has 0 N–H and O–H groups in total. The van der Waals surface area contributed by atoms with Gasteiger partial charge in [-0.1, -0.05) is 49.4 Å². The zero-order valence-electron chi connectivity index (χ0n) is 12.0. The van der Waals surface area contributed by atoms with Gasteiger partial charge in [0, 0.05) is 0 Å². The lowest BCUT2D eigenvalue weighted by Crippen LogP contribution is -2.02. The van der Waals surface area contributed by atoms with Crippen LogP contribution in [0.4, 0.5) is 0 Å². The van der Waals surface area contributed by atoms with Gasteiger partial charge in [-0.2, -0.15) is 0 Å². The van der Waals surface area contributed by atoms with E-state index in [2.05, 4.69) is 37.3 Å². The van der Waals surface area contributed by atoms with Crippen LogP contribution in [0.15, 0.2) is 42.5 Å². The van der Waals surface area contributed by atoms with Crippen molar-refractivity contribution in [3.05, 3.63) is 48.0 Å². The average molecular weight is 260 g/mol. The van der Waals surface area contributed by atoms with Crippen molar-refractivity contribution in [2.24, 2.45) is 5.92 Å². The molecule has 1 atom stereocenters. The molecule has 0 fully saturated rings. The first-order chi connectivity index (χ1) is 9.26. The molecule has 0 heterocycles. The Morgan fingerprint density at radius 2 is 2.00 bits per heavy atom. The molecular weight excluding hydrogens is 236 g/mol. The maximum absolute atomic E-state index is 11.2. The van der Waals surface area contributed by atoms with Crippen molar-refractivity contribution in [2.45, 2.75) is 39.5 Å². The van der Waals surface area contributed by atoms with Crippen LogP contribution < -0.4 is 0 Å². The van der Waals surface area contributed by atoms with Crippen molar-refractivity contribution < 1.29 is 9.53 Å². The van der Waals surface area contributed by atoms with Crippen LogP contribution in [-0.4, -0.2) is 12.6 Å². The predicted octanol–water partition coefficient (Wildman–Crippen LogP) is 4.15. The highest BCUT2D eigenvalue weighted by Crippen LogP contribution is 2.14. The standard InChI is InChI=1S/C17H24O2/c1-3-15(11-8-12-17(18)19-4-2)13-14-16-9-6-5-7-10-16/h5-11,15H,3-4,12-14H2,1-2H3/b11-8+/t15-/m1/s1. The summed E-state index contributed by atoms with van der Waals surface area (Å²) in [5.41, 5.74) is 1.37. The lowest BCUT2D eigenvalue weighted by atomic mass is 9.96. The third kappa shape index (κ3) is 6.80. The van der Waals surface area contributed by atoms with E-state index in [0.29, 0.717) is 18.9 Å². The second-order valence-electron chi connectivity index (χ2n) is 4.63. The highest BCUT2D eigenvalue weighted by molar-refractivity contribution is 5.71. The Bertz CT molecular complexity index is 382. The molecule has 0 amide bonds. The van der Waals surface area contributed by atoms with Crippen LogP contribution in [0.2, 0.25) is 0 Å². The van der Waals surface area contributed by atoms with Gasteiger partial charge in [-0.25, -0.2) is 0 Å². The minimum atomic E-state index is -0.142. The second kappa shape index (κ2) is 9.37. The number of esters is 1. The fraction of sp³-hybridized carbons (Fsp3) is 0.471. The summed E-state index contributed by atoms with van der Waals surface area (Å²) in [5.74, 6) is 0.395. The monoisotopic (exact) mass is 260 g/mol. The molecule has 104 valence electrons. The molecule has 0 aliphatic heterocycles. The van der Waals surface area contributed by atoms with Crippen molar-refractivity contribution in [3.63, 3.8) is 0 Å². The van der Waals surface area contributed by atoms with E-state index < -0.39 is 0 Å². The number of benzene rings is 1. The minimum Gasteiger partial charge on any atom is -0.466 e. The molecule has 0 bridgehead atoms. The van der Waals surface area contributed by atoms with E-state index in [1.165, 1.54) is 5.56 Å². The molecular formula is C17H24O2. The van der Waals surface area contributed by atoms with E-state index in [1.807, 2.05) is 19.1 Å². The number of rotatable bonds is 8. The van der Waals surface area contributed by atoms with Crippen LogP contribution in [0.1, 0.15) is 38.7 Å². The summed E-state index contributed by atoms with van der Waals surface area (Å²) >= 11 is 0. The van der Waals surface area contributed by atoms with Gasteiger partial charge in [0.2, 0.25) is 0 Å². The first-order valence-electron chi connectivity index (χ1n) is 7.12. The lowest BCUT2D eigenvalue weighted by molar-refractivity contribution is -0.142. The fourth-order valence-electron chi connectivity index (χ4n) is 2.01. The molecule has 0 radical (unpaired) electrons. The molecule has 0 aromatic heterocycles. The Kier molecular flexibility index (Phi) is 7.64. The summed E-state index contributed by atoms with van der Waals surface area (Å²) in [7, 11) is 0. The largest absolute Gasteiger partial charge is 0.466 e. The van der Waals surface area contributed by atoms with Crippen molar-refractivity contribution in [2.75, 3.05) is 6.61 Å². The Morgan fingerprint density at radius 3 is 2.63 bits per heavy atom. The van der Waals surface area contributed by atoms with Crippen LogP contribution in [0.5, 0.6) is 0 Å². The van der Waals surface area contributed by atoms with Gasteiger partial charge in [0.05, 0.1) is 13.0 Å². The molecule has 2 heteroatoms. The molecule has 0 saturated heterocycles. The number of carbonyl (C=O) groups is 1. The van der Waals surface area contributed by atoms with E-state index in [0.717, 1.165) is 19.3 Å². The Hall–Kier alpha value is -1.57. The number of hydrogen-bond acceptors (Lipinski definition) is 2. The number of carbonyl (C=O) groups excluding carboxylic acids is 1. The second-order valence-corrected chi connectivity index (χ2v) is 4.63. The summed E-state index contributed by atoms with van der Waals surface area (Å²) < 4.78 is 4.90. The van der Waals surface area contributed by atoms with Gasteiger partial charge >= 0.3 is 5.97 Å². The average Bonchev–Trinajstić information content (AvgIpc) is 2.44. The maximum atomic E-state index is 11.2. The van der Waals surface area contributed by atoms with E-state index >= 15 is 0 Å². The lowest BCUT2D eigenvalue weighted by Gasteiger charge is -2.09. The summed E-state index contributed by atoms with van der Waals surface area (Å²) in [5, 5.41) is 0. The van der Waals surface area contributed by atoms with Crippen LogP contribution in [0.25, 0.3) is 0 Å². The normalized spacial score (nSPS) is 12.5. The summed E-state index contributed by atoms with van der Waals surface area (Å²) in [6, 6.07) is 10.5. The van der Waals surface area contributed by atoms with E-state index in [1.54, 1.807) is 0 Å².